The van der Waals surface area contributed by atoms with Crippen LogP contribution in [0.2, 0.25) is 0 Å². The average molecular weight is 292 g/mol. The second-order valence-corrected chi connectivity index (χ2v) is 7.99. The Morgan fingerprint density at radius 3 is 2.47 bits per heavy atom. The molecule has 19 heavy (non-hydrogen) atoms. The van der Waals surface area contributed by atoms with Crippen LogP contribution >= 0.6 is 0 Å². The molecule has 1 heterocycles. The maximum Gasteiger partial charge on any atom is 0.273 e. The summed E-state index contributed by atoms with van der Waals surface area (Å²) in [4.78, 5) is 0. The predicted molar refractivity (Wildman–Crippen MR) is 71.3 cm³/mol. The zero-order valence-corrected chi connectivity index (χ0v) is 12.8. The van der Waals surface area contributed by atoms with Crippen molar-refractivity contribution in [3.8, 4) is 0 Å². The highest BCUT2D eigenvalue weighted by Gasteiger charge is 2.55. The summed E-state index contributed by atoms with van der Waals surface area (Å²) in [5.41, 5.74) is 0. The maximum absolute atomic E-state index is 12.2. The van der Waals surface area contributed by atoms with Crippen molar-refractivity contribution in [2.45, 2.75) is 69.5 Å². The summed E-state index contributed by atoms with van der Waals surface area (Å²) in [5.74, 6) is -0.642. The molecule has 2 rings (SSSR count). The molecule has 1 aliphatic carbocycles. The molecule has 0 aromatic heterocycles. The summed E-state index contributed by atoms with van der Waals surface area (Å²) < 4.78 is 40.0. The molecular formula is C13H24O5S. The Labute approximate surface area is 115 Å². The summed E-state index contributed by atoms with van der Waals surface area (Å²) in [6.07, 6.45) is 3.79. The Bertz CT molecular complexity index is 411. The summed E-state index contributed by atoms with van der Waals surface area (Å²) >= 11 is 0. The highest BCUT2D eigenvalue weighted by Crippen LogP contribution is 2.48. The van der Waals surface area contributed by atoms with Gasteiger partial charge in [-0.15, -0.1) is 0 Å². The fourth-order valence-electron chi connectivity index (χ4n) is 2.40. The van der Waals surface area contributed by atoms with Gasteiger partial charge in [-0.1, -0.05) is 19.8 Å². The lowest BCUT2D eigenvalue weighted by Gasteiger charge is -2.19. The van der Waals surface area contributed by atoms with E-state index in [1.165, 1.54) is 0 Å². The Hall–Kier alpha value is -0.170. The fraction of sp³-hybridized carbons (Fsp3) is 1.00. The maximum atomic E-state index is 12.2. The van der Waals surface area contributed by atoms with E-state index in [4.69, 9.17) is 13.7 Å². The van der Waals surface area contributed by atoms with Gasteiger partial charge in [0.15, 0.2) is 5.79 Å². The third-order valence-electron chi connectivity index (χ3n) is 3.80. The molecule has 1 atom stereocenters. The molecule has 2 fully saturated rings. The normalized spacial score (nSPS) is 28.5. The number of rotatable bonds is 7. The van der Waals surface area contributed by atoms with Crippen LogP contribution in [0, 0.1) is 0 Å². The van der Waals surface area contributed by atoms with Crippen LogP contribution in [0.1, 0.15) is 52.9 Å². The Balaban J connectivity index is 1.85. The predicted octanol–water partition coefficient (Wildman–Crippen LogP) is 2.21. The first kappa shape index (κ1) is 15.2. The van der Waals surface area contributed by atoms with Crippen molar-refractivity contribution in [1.82, 2.24) is 0 Å². The zero-order valence-electron chi connectivity index (χ0n) is 12.0. The molecule has 6 heteroatoms. The van der Waals surface area contributed by atoms with Gasteiger partial charge < -0.3 is 9.47 Å². The minimum atomic E-state index is -3.48. The standard InChI is InChI=1S/C13H24O5S/c1-4-5-6-13(7-8-13)19(14,15)17-10-11-9-16-12(2,3)18-11/h11H,4-10H2,1-3H3/t11-/m0/s1. The van der Waals surface area contributed by atoms with Crippen LogP contribution in [0.3, 0.4) is 0 Å². The third-order valence-corrected chi connectivity index (χ3v) is 5.92. The van der Waals surface area contributed by atoms with Crippen molar-refractivity contribution in [2.75, 3.05) is 13.2 Å². The van der Waals surface area contributed by atoms with Crippen LogP contribution in [-0.4, -0.2) is 38.3 Å². The lowest BCUT2D eigenvalue weighted by molar-refractivity contribution is -0.141. The zero-order chi connectivity index (χ0) is 14.1. The van der Waals surface area contributed by atoms with E-state index in [2.05, 4.69) is 6.92 Å². The van der Waals surface area contributed by atoms with Crippen molar-refractivity contribution in [3.63, 3.8) is 0 Å². The second-order valence-electron chi connectivity index (χ2n) is 5.98. The molecule has 0 radical (unpaired) electrons. The Morgan fingerprint density at radius 2 is 2.00 bits per heavy atom. The number of ether oxygens (including phenoxy) is 2. The van der Waals surface area contributed by atoms with Crippen LogP contribution in [0.5, 0.6) is 0 Å². The molecular weight excluding hydrogens is 268 g/mol. The van der Waals surface area contributed by atoms with E-state index in [1.54, 1.807) is 0 Å². The first-order valence-electron chi connectivity index (χ1n) is 7.01. The minimum Gasteiger partial charge on any atom is -0.348 e. The monoisotopic (exact) mass is 292 g/mol. The lowest BCUT2D eigenvalue weighted by Crippen LogP contribution is -2.30. The SMILES string of the molecule is CCCCC1(S(=O)(=O)OC[C@@H]2COC(C)(C)O2)CC1. The molecule has 1 aliphatic heterocycles. The van der Waals surface area contributed by atoms with Gasteiger partial charge in [0.05, 0.1) is 18.0 Å². The van der Waals surface area contributed by atoms with E-state index in [0.29, 0.717) is 13.0 Å². The molecule has 1 saturated carbocycles. The number of hydrogen-bond acceptors (Lipinski definition) is 5. The van der Waals surface area contributed by atoms with Crippen LogP contribution in [0.25, 0.3) is 0 Å². The number of unbranched alkanes of at least 4 members (excludes halogenated alkanes) is 1. The van der Waals surface area contributed by atoms with E-state index in [0.717, 1.165) is 25.7 Å². The molecule has 0 spiro atoms. The fourth-order valence-corrected chi connectivity index (χ4v) is 3.98. The topological polar surface area (TPSA) is 61.8 Å². The van der Waals surface area contributed by atoms with Gasteiger partial charge in [-0.3, -0.25) is 4.18 Å². The van der Waals surface area contributed by atoms with Crippen molar-refractivity contribution < 1.29 is 22.1 Å². The first-order chi connectivity index (χ1) is 8.80. The van der Waals surface area contributed by atoms with Gasteiger partial charge in [-0.2, -0.15) is 8.42 Å². The summed E-state index contributed by atoms with van der Waals surface area (Å²) in [6.45, 7) is 6.12. The van der Waals surface area contributed by atoms with Gasteiger partial charge >= 0.3 is 0 Å². The molecule has 0 amide bonds. The molecule has 112 valence electrons. The summed E-state index contributed by atoms with van der Waals surface area (Å²) in [7, 11) is -3.48. The Kier molecular flexibility index (Phi) is 4.26. The van der Waals surface area contributed by atoms with Crippen LogP contribution in [-0.2, 0) is 23.8 Å². The third kappa shape index (κ3) is 3.48. The van der Waals surface area contributed by atoms with Gasteiger partial charge in [-0.05, 0) is 33.1 Å². The van der Waals surface area contributed by atoms with Gasteiger partial charge in [0, 0.05) is 0 Å². The van der Waals surface area contributed by atoms with Crippen molar-refractivity contribution >= 4 is 10.1 Å². The molecule has 1 saturated heterocycles. The molecule has 5 nitrogen and oxygen atoms in total. The van der Waals surface area contributed by atoms with Crippen molar-refractivity contribution in [1.29, 1.82) is 0 Å². The van der Waals surface area contributed by atoms with Gasteiger partial charge in [-0.25, -0.2) is 0 Å². The van der Waals surface area contributed by atoms with Gasteiger partial charge in [0.25, 0.3) is 10.1 Å². The highest BCUT2D eigenvalue weighted by atomic mass is 32.2. The van der Waals surface area contributed by atoms with Crippen LogP contribution in [0.15, 0.2) is 0 Å². The van der Waals surface area contributed by atoms with E-state index < -0.39 is 20.7 Å². The molecule has 0 bridgehead atoms. The highest BCUT2D eigenvalue weighted by molar-refractivity contribution is 7.88. The summed E-state index contributed by atoms with van der Waals surface area (Å²) in [5, 5.41) is 0. The van der Waals surface area contributed by atoms with Crippen LogP contribution < -0.4 is 0 Å². The quantitative estimate of drug-likeness (QED) is 0.673. The average Bonchev–Trinajstić information content (AvgIpc) is 3.05. The Morgan fingerprint density at radius 1 is 1.32 bits per heavy atom. The second kappa shape index (κ2) is 5.31. The summed E-state index contributed by atoms with van der Waals surface area (Å²) in [6, 6.07) is 0. The largest absolute Gasteiger partial charge is 0.348 e. The smallest absolute Gasteiger partial charge is 0.273 e. The molecule has 0 aromatic rings. The van der Waals surface area contributed by atoms with E-state index in [1.807, 2.05) is 13.8 Å². The molecule has 0 unspecified atom stereocenters. The van der Waals surface area contributed by atoms with Crippen molar-refractivity contribution in [2.24, 2.45) is 0 Å². The lowest BCUT2D eigenvalue weighted by atomic mass is 10.2. The van der Waals surface area contributed by atoms with Gasteiger partial charge in [0.2, 0.25) is 0 Å². The van der Waals surface area contributed by atoms with E-state index in [9.17, 15) is 8.42 Å². The molecule has 0 aromatic carbocycles. The van der Waals surface area contributed by atoms with Crippen LogP contribution in [0.4, 0.5) is 0 Å². The van der Waals surface area contributed by atoms with E-state index in [-0.39, 0.29) is 12.7 Å². The van der Waals surface area contributed by atoms with Crippen molar-refractivity contribution in [3.05, 3.63) is 0 Å². The molecule has 0 N–H and O–H groups in total. The van der Waals surface area contributed by atoms with Gasteiger partial charge in [0.1, 0.15) is 6.10 Å². The minimum absolute atomic E-state index is 0.0552. The molecule has 2 aliphatic rings. The number of hydrogen-bond donors (Lipinski definition) is 0. The van der Waals surface area contributed by atoms with E-state index >= 15 is 0 Å². The first-order valence-corrected chi connectivity index (χ1v) is 8.42.